The van der Waals surface area contributed by atoms with Crippen molar-refractivity contribution in [3.63, 3.8) is 0 Å². The number of aryl methyl sites for hydroxylation is 1. The molecule has 2 heterocycles. The van der Waals surface area contributed by atoms with Crippen LogP contribution in [0.2, 0.25) is 5.02 Å². The number of nitrogens with one attached hydrogen (secondary N) is 1. The standard InChI is InChI=1S/C15H16ClN3O2/c1-19-15(20)13(16)12(9-17-19)18-11-7-8-21-14(11)10-5-3-2-4-6-10/h2-6,9,11,14,18H,7-8H2,1H3/t11-,14+/m1/s1. The lowest BCUT2D eigenvalue weighted by molar-refractivity contribution is 0.107. The average molecular weight is 306 g/mol. The summed E-state index contributed by atoms with van der Waals surface area (Å²) in [5.74, 6) is 0. The number of halogens is 1. The Bertz CT molecular complexity index is 687. The molecule has 1 saturated heterocycles. The van der Waals surface area contributed by atoms with Crippen molar-refractivity contribution in [1.29, 1.82) is 0 Å². The van der Waals surface area contributed by atoms with E-state index in [0.717, 1.165) is 12.0 Å². The Kier molecular flexibility index (Phi) is 3.94. The summed E-state index contributed by atoms with van der Waals surface area (Å²) in [5, 5.41) is 7.45. The molecule has 0 unspecified atom stereocenters. The fourth-order valence-electron chi connectivity index (χ4n) is 2.52. The molecule has 1 aliphatic rings. The normalized spacial score (nSPS) is 21.4. The van der Waals surface area contributed by atoms with Crippen LogP contribution in [0.4, 0.5) is 5.69 Å². The summed E-state index contributed by atoms with van der Waals surface area (Å²) < 4.78 is 7.02. The second-order valence-electron chi connectivity index (χ2n) is 5.04. The molecule has 1 aromatic heterocycles. The van der Waals surface area contributed by atoms with E-state index in [-0.39, 0.29) is 22.7 Å². The van der Waals surface area contributed by atoms with Crippen LogP contribution in [0, 0.1) is 0 Å². The highest BCUT2D eigenvalue weighted by atomic mass is 35.5. The summed E-state index contributed by atoms with van der Waals surface area (Å²) in [6, 6.07) is 10.1. The highest BCUT2D eigenvalue weighted by molar-refractivity contribution is 6.32. The largest absolute Gasteiger partial charge is 0.377 e. The Balaban J connectivity index is 1.84. The topological polar surface area (TPSA) is 56.1 Å². The van der Waals surface area contributed by atoms with Gasteiger partial charge in [0.05, 0.1) is 17.9 Å². The lowest BCUT2D eigenvalue weighted by Crippen LogP contribution is -2.27. The molecule has 110 valence electrons. The Morgan fingerprint density at radius 1 is 1.38 bits per heavy atom. The molecule has 21 heavy (non-hydrogen) atoms. The van der Waals surface area contributed by atoms with Crippen LogP contribution < -0.4 is 10.9 Å². The van der Waals surface area contributed by atoms with Gasteiger partial charge in [0.25, 0.3) is 5.56 Å². The van der Waals surface area contributed by atoms with Gasteiger partial charge in [0.1, 0.15) is 11.1 Å². The number of aromatic nitrogens is 2. The minimum Gasteiger partial charge on any atom is -0.377 e. The molecule has 0 aliphatic carbocycles. The van der Waals surface area contributed by atoms with Gasteiger partial charge < -0.3 is 10.1 Å². The number of hydrogen-bond donors (Lipinski definition) is 1. The molecule has 0 amide bonds. The van der Waals surface area contributed by atoms with Crippen molar-refractivity contribution in [2.45, 2.75) is 18.6 Å². The van der Waals surface area contributed by atoms with Gasteiger partial charge in [0.2, 0.25) is 0 Å². The lowest BCUT2D eigenvalue weighted by atomic mass is 10.0. The number of anilines is 1. The SMILES string of the molecule is Cn1ncc(N[C@@H]2CCO[C@H]2c2ccccc2)c(Cl)c1=O. The smallest absolute Gasteiger partial charge is 0.287 e. The molecule has 5 nitrogen and oxygen atoms in total. The van der Waals surface area contributed by atoms with E-state index in [0.29, 0.717) is 12.3 Å². The van der Waals surface area contributed by atoms with Gasteiger partial charge in [-0.25, -0.2) is 4.68 Å². The number of ether oxygens (including phenoxy) is 1. The van der Waals surface area contributed by atoms with Crippen molar-refractivity contribution in [1.82, 2.24) is 9.78 Å². The van der Waals surface area contributed by atoms with E-state index in [9.17, 15) is 4.79 Å². The molecular formula is C15H16ClN3O2. The zero-order valence-corrected chi connectivity index (χ0v) is 12.4. The third-order valence-electron chi connectivity index (χ3n) is 3.64. The Morgan fingerprint density at radius 2 is 2.14 bits per heavy atom. The molecule has 2 atom stereocenters. The van der Waals surface area contributed by atoms with Crippen molar-refractivity contribution in [3.05, 3.63) is 57.5 Å². The van der Waals surface area contributed by atoms with E-state index in [1.165, 1.54) is 4.68 Å². The lowest BCUT2D eigenvalue weighted by Gasteiger charge is -2.21. The van der Waals surface area contributed by atoms with Crippen LogP contribution in [0.5, 0.6) is 0 Å². The molecule has 1 aromatic carbocycles. The molecule has 1 N–H and O–H groups in total. The first-order valence-electron chi connectivity index (χ1n) is 6.81. The van der Waals surface area contributed by atoms with E-state index in [2.05, 4.69) is 10.4 Å². The van der Waals surface area contributed by atoms with Gasteiger partial charge in [0, 0.05) is 13.7 Å². The summed E-state index contributed by atoms with van der Waals surface area (Å²) in [6.45, 7) is 0.674. The molecular weight excluding hydrogens is 290 g/mol. The summed E-state index contributed by atoms with van der Waals surface area (Å²) in [6.07, 6.45) is 2.38. The first-order chi connectivity index (χ1) is 10.2. The van der Waals surface area contributed by atoms with Crippen molar-refractivity contribution < 1.29 is 4.74 Å². The first kappa shape index (κ1) is 14.1. The van der Waals surface area contributed by atoms with Crippen LogP contribution in [0.25, 0.3) is 0 Å². The number of benzene rings is 1. The van der Waals surface area contributed by atoms with Crippen molar-refractivity contribution in [2.75, 3.05) is 11.9 Å². The first-order valence-corrected chi connectivity index (χ1v) is 7.19. The highest BCUT2D eigenvalue weighted by Crippen LogP contribution is 2.32. The summed E-state index contributed by atoms with van der Waals surface area (Å²) >= 11 is 6.09. The predicted octanol–water partition coefficient (Wildman–Crippen LogP) is 2.38. The van der Waals surface area contributed by atoms with Crippen LogP contribution in [-0.4, -0.2) is 22.4 Å². The second-order valence-corrected chi connectivity index (χ2v) is 5.42. The van der Waals surface area contributed by atoms with E-state index in [1.807, 2.05) is 30.3 Å². The summed E-state index contributed by atoms with van der Waals surface area (Å²) in [4.78, 5) is 11.8. The second kappa shape index (κ2) is 5.87. The molecule has 0 radical (unpaired) electrons. The Hall–Kier alpha value is -1.85. The molecule has 0 bridgehead atoms. The van der Waals surface area contributed by atoms with Gasteiger partial charge in [-0.3, -0.25) is 4.79 Å². The van der Waals surface area contributed by atoms with Gasteiger partial charge in [0.15, 0.2) is 0 Å². The monoisotopic (exact) mass is 305 g/mol. The summed E-state index contributed by atoms with van der Waals surface area (Å²) in [5.41, 5.74) is 1.36. The van der Waals surface area contributed by atoms with E-state index >= 15 is 0 Å². The zero-order chi connectivity index (χ0) is 14.8. The Labute approximate surface area is 127 Å². The fourth-order valence-corrected chi connectivity index (χ4v) is 2.75. The minimum atomic E-state index is -0.308. The van der Waals surface area contributed by atoms with Crippen molar-refractivity contribution in [3.8, 4) is 0 Å². The molecule has 0 saturated carbocycles. The molecule has 1 aliphatic heterocycles. The van der Waals surface area contributed by atoms with Gasteiger partial charge >= 0.3 is 0 Å². The zero-order valence-electron chi connectivity index (χ0n) is 11.6. The van der Waals surface area contributed by atoms with Crippen LogP contribution in [0.15, 0.2) is 41.3 Å². The predicted molar refractivity (Wildman–Crippen MR) is 81.7 cm³/mol. The number of nitrogens with zero attached hydrogens (tertiary/aromatic N) is 2. The van der Waals surface area contributed by atoms with Gasteiger partial charge in [-0.1, -0.05) is 41.9 Å². The minimum absolute atomic E-state index is 0.0497. The number of hydrogen-bond acceptors (Lipinski definition) is 4. The van der Waals surface area contributed by atoms with Crippen LogP contribution in [0.3, 0.4) is 0 Å². The van der Waals surface area contributed by atoms with E-state index in [4.69, 9.17) is 16.3 Å². The van der Waals surface area contributed by atoms with E-state index < -0.39 is 0 Å². The van der Waals surface area contributed by atoms with Crippen molar-refractivity contribution in [2.24, 2.45) is 7.05 Å². The Morgan fingerprint density at radius 3 is 2.90 bits per heavy atom. The third kappa shape index (κ3) is 2.80. The maximum absolute atomic E-state index is 11.8. The number of rotatable bonds is 3. The van der Waals surface area contributed by atoms with Crippen LogP contribution in [0.1, 0.15) is 18.1 Å². The molecule has 2 aromatic rings. The summed E-state index contributed by atoms with van der Waals surface area (Å²) in [7, 11) is 1.57. The average Bonchev–Trinajstić information content (AvgIpc) is 2.97. The molecule has 1 fully saturated rings. The van der Waals surface area contributed by atoms with Crippen LogP contribution in [-0.2, 0) is 11.8 Å². The fraction of sp³-hybridized carbons (Fsp3) is 0.333. The molecule has 0 spiro atoms. The van der Waals surface area contributed by atoms with Gasteiger partial charge in [-0.2, -0.15) is 5.10 Å². The van der Waals surface area contributed by atoms with E-state index in [1.54, 1.807) is 13.2 Å². The third-order valence-corrected chi connectivity index (χ3v) is 4.00. The quantitative estimate of drug-likeness (QED) is 0.946. The van der Waals surface area contributed by atoms with Crippen LogP contribution >= 0.6 is 11.6 Å². The van der Waals surface area contributed by atoms with Crippen molar-refractivity contribution >= 4 is 17.3 Å². The maximum Gasteiger partial charge on any atom is 0.287 e. The molecule has 6 heteroatoms. The molecule has 3 rings (SSSR count). The van der Waals surface area contributed by atoms with Gasteiger partial charge in [-0.05, 0) is 12.0 Å². The van der Waals surface area contributed by atoms with Gasteiger partial charge in [-0.15, -0.1) is 0 Å². The highest BCUT2D eigenvalue weighted by Gasteiger charge is 2.30. The maximum atomic E-state index is 11.8.